The second kappa shape index (κ2) is 6.79. The molecule has 2 aromatic carbocycles. The molecule has 112 valence electrons. The Hall–Kier alpha value is -2.07. The average Bonchev–Trinajstić information content (AvgIpc) is 2.76. The smallest absolute Gasteiger partial charge is 0.251 e. The van der Waals surface area contributed by atoms with Crippen molar-refractivity contribution in [2.75, 3.05) is 17.2 Å². The van der Waals surface area contributed by atoms with Crippen molar-refractivity contribution in [2.45, 2.75) is 11.3 Å². The molecule has 22 heavy (non-hydrogen) atoms. The third kappa shape index (κ3) is 3.39. The van der Waals surface area contributed by atoms with Gasteiger partial charge in [0, 0.05) is 17.5 Å². The number of rotatable bonds is 2. The van der Waals surface area contributed by atoms with E-state index < -0.39 is 0 Å². The number of carbonyl (C=O) groups is 1. The number of halogens is 1. The highest BCUT2D eigenvalue weighted by Gasteiger charge is 2.19. The number of fused-ring (bicyclic) bond motifs is 1. The van der Waals surface area contributed by atoms with E-state index in [4.69, 9.17) is 0 Å². The zero-order valence-electron chi connectivity index (χ0n) is 12.0. The van der Waals surface area contributed by atoms with E-state index in [9.17, 15) is 9.18 Å². The van der Waals surface area contributed by atoms with E-state index in [-0.39, 0.29) is 11.7 Å². The van der Waals surface area contributed by atoms with E-state index in [1.165, 1.54) is 12.1 Å². The standard InChI is InChI=1S/C18H16FNOS/c19-15-9-6-14(7-10-15)8-11-18(21)20-12-3-13-22-17-5-2-1-4-16(17)20/h1-2,4-11H,3,12-13H2/b11-8+. The van der Waals surface area contributed by atoms with Crippen LogP contribution in [0, 0.1) is 5.82 Å². The number of para-hydroxylation sites is 1. The molecule has 1 aliphatic rings. The van der Waals surface area contributed by atoms with Gasteiger partial charge < -0.3 is 4.90 Å². The van der Waals surface area contributed by atoms with Crippen LogP contribution in [-0.4, -0.2) is 18.2 Å². The minimum atomic E-state index is -0.276. The quantitative estimate of drug-likeness (QED) is 0.767. The SMILES string of the molecule is O=C(/C=C/c1ccc(F)cc1)N1CCCSc2ccccc21. The van der Waals surface area contributed by atoms with Crippen LogP contribution in [0.3, 0.4) is 0 Å². The van der Waals surface area contributed by atoms with Gasteiger partial charge in [-0.3, -0.25) is 4.79 Å². The fraction of sp³-hybridized carbons (Fsp3) is 0.167. The van der Waals surface area contributed by atoms with Crippen LogP contribution in [-0.2, 0) is 4.79 Å². The van der Waals surface area contributed by atoms with Crippen molar-refractivity contribution in [1.29, 1.82) is 0 Å². The van der Waals surface area contributed by atoms with E-state index in [0.717, 1.165) is 34.9 Å². The Labute approximate surface area is 133 Å². The Kier molecular flexibility index (Phi) is 4.59. The summed E-state index contributed by atoms with van der Waals surface area (Å²) in [6.45, 7) is 0.719. The van der Waals surface area contributed by atoms with Crippen molar-refractivity contribution in [3.63, 3.8) is 0 Å². The van der Waals surface area contributed by atoms with Gasteiger partial charge in [0.15, 0.2) is 0 Å². The number of carbonyl (C=O) groups excluding carboxylic acids is 1. The van der Waals surface area contributed by atoms with Crippen LogP contribution < -0.4 is 4.90 Å². The zero-order chi connectivity index (χ0) is 15.4. The Morgan fingerprint density at radius 3 is 2.73 bits per heavy atom. The summed E-state index contributed by atoms with van der Waals surface area (Å²) in [5.41, 5.74) is 1.78. The van der Waals surface area contributed by atoms with Gasteiger partial charge in [0.1, 0.15) is 5.82 Å². The normalized spacial score (nSPS) is 14.7. The maximum atomic E-state index is 12.9. The molecule has 1 amide bonds. The number of benzene rings is 2. The highest BCUT2D eigenvalue weighted by molar-refractivity contribution is 7.99. The van der Waals surface area contributed by atoms with Crippen LogP contribution in [0.15, 0.2) is 59.5 Å². The molecule has 4 heteroatoms. The predicted molar refractivity (Wildman–Crippen MR) is 89.6 cm³/mol. The second-order valence-electron chi connectivity index (χ2n) is 5.04. The molecule has 0 radical (unpaired) electrons. The van der Waals surface area contributed by atoms with Crippen molar-refractivity contribution < 1.29 is 9.18 Å². The summed E-state index contributed by atoms with van der Waals surface area (Å²) >= 11 is 1.79. The number of amides is 1. The molecule has 0 saturated heterocycles. The van der Waals surface area contributed by atoms with Crippen molar-refractivity contribution in [1.82, 2.24) is 0 Å². The summed E-state index contributed by atoms with van der Waals surface area (Å²) < 4.78 is 12.9. The van der Waals surface area contributed by atoms with Gasteiger partial charge in [0.25, 0.3) is 5.91 Å². The molecular weight excluding hydrogens is 297 g/mol. The highest BCUT2D eigenvalue weighted by Crippen LogP contribution is 2.33. The molecular formula is C18H16FNOS. The maximum Gasteiger partial charge on any atom is 0.251 e. The lowest BCUT2D eigenvalue weighted by Gasteiger charge is -2.20. The van der Waals surface area contributed by atoms with Gasteiger partial charge in [-0.05, 0) is 48.1 Å². The summed E-state index contributed by atoms with van der Waals surface area (Å²) in [6, 6.07) is 14.1. The zero-order valence-corrected chi connectivity index (χ0v) is 12.9. The average molecular weight is 313 g/mol. The van der Waals surface area contributed by atoms with Gasteiger partial charge in [-0.1, -0.05) is 24.3 Å². The van der Waals surface area contributed by atoms with Crippen LogP contribution in [0.1, 0.15) is 12.0 Å². The lowest BCUT2D eigenvalue weighted by atomic mass is 10.2. The molecule has 1 heterocycles. The molecule has 0 fully saturated rings. The molecule has 3 rings (SSSR count). The van der Waals surface area contributed by atoms with E-state index >= 15 is 0 Å². The first-order valence-corrected chi connectivity index (χ1v) is 8.19. The van der Waals surface area contributed by atoms with Gasteiger partial charge in [-0.15, -0.1) is 11.8 Å². The van der Waals surface area contributed by atoms with Crippen molar-refractivity contribution in [3.05, 3.63) is 66.0 Å². The van der Waals surface area contributed by atoms with E-state index in [0.29, 0.717) is 0 Å². The molecule has 0 unspecified atom stereocenters. The second-order valence-corrected chi connectivity index (χ2v) is 6.18. The van der Waals surface area contributed by atoms with E-state index in [1.54, 1.807) is 36.0 Å². The Balaban J connectivity index is 1.81. The predicted octanol–water partition coefficient (Wildman–Crippen LogP) is 4.37. The minimum Gasteiger partial charge on any atom is -0.308 e. The molecule has 2 nitrogen and oxygen atoms in total. The maximum absolute atomic E-state index is 12.9. The lowest BCUT2D eigenvalue weighted by molar-refractivity contribution is -0.114. The first-order chi connectivity index (χ1) is 10.7. The number of hydrogen-bond donors (Lipinski definition) is 0. The lowest BCUT2D eigenvalue weighted by Crippen LogP contribution is -2.30. The minimum absolute atomic E-state index is 0.0423. The van der Waals surface area contributed by atoms with Crippen LogP contribution in [0.2, 0.25) is 0 Å². The monoisotopic (exact) mass is 313 g/mol. The molecule has 0 N–H and O–H groups in total. The summed E-state index contributed by atoms with van der Waals surface area (Å²) in [4.78, 5) is 15.5. The van der Waals surface area contributed by atoms with Crippen LogP contribution >= 0.6 is 11.8 Å². The molecule has 0 atom stereocenters. The molecule has 0 saturated carbocycles. The Morgan fingerprint density at radius 1 is 1.14 bits per heavy atom. The number of thioether (sulfide) groups is 1. The summed E-state index contributed by atoms with van der Waals surface area (Å²) in [5, 5.41) is 0. The van der Waals surface area contributed by atoms with Gasteiger partial charge >= 0.3 is 0 Å². The third-order valence-electron chi connectivity index (χ3n) is 3.49. The third-order valence-corrected chi connectivity index (χ3v) is 4.64. The summed E-state index contributed by atoms with van der Waals surface area (Å²) in [5.74, 6) is 0.698. The number of anilines is 1. The molecule has 0 aromatic heterocycles. The molecule has 0 aliphatic carbocycles. The van der Waals surface area contributed by atoms with Crippen LogP contribution in [0.5, 0.6) is 0 Å². The van der Waals surface area contributed by atoms with Gasteiger partial charge in [0.05, 0.1) is 5.69 Å². The van der Waals surface area contributed by atoms with Gasteiger partial charge in [-0.25, -0.2) is 4.39 Å². The first kappa shape index (κ1) is 14.9. The summed E-state index contributed by atoms with van der Waals surface area (Å²) in [6.07, 6.45) is 4.25. The Morgan fingerprint density at radius 2 is 1.91 bits per heavy atom. The van der Waals surface area contributed by atoms with E-state index in [1.807, 2.05) is 23.1 Å². The van der Waals surface area contributed by atoms with Crippen molar-refractivity contribution in [2.24, 2.45) is 0 Å². The fourth-order valence-corrected chi connectivity index (χ4v) is 3.38. The Bertz CT molecular complexity index is 696. The van der Waals surface area contributed by atoms with Crippen LogP contribution in [0.4, 0.5) is 10.1 Å². The summed E-state index contributed by atoms with van der Waals surface area (Å²) in [7, 11) is 0. The topological polar surface area (TPSA) is 20.3 Å². The fourth-order valence-electron chi connectivity index (χ4n) is 2.39. The number of hydrogen-bond acceptors (Lipinski definition) is 2. The van der Waals surface area contributed by atoms with Gasteiger partial charge in [0.2, 0.25) is 0 Å². The molecule has 0 bridgehead atoms. The number of nitrogens with zero attached hydrogens (tertiary/aromatic N) is 1. The van der Waals surface area contributed by atoms with Crippen molar-refractivity contribution >= 4 is 29.4 Å². The van der Waals surface area contributed by atoms with Crippen LogP contribution in [0.25, 0.3) is 6.08 Å². The molecule has 0 spiro atoms. The molecule has 2 aromatic rings. The first-order valence-electron chi connectivity index (χ1n) is 7.21. The largest absolute Gasteiger partial charge is 0.308 e. The highest BCUT2D eigenvalue weighted by atomic mass is 32.2. The van der Waals surface area contributed by atoms with E-state index in [2.05, 4.69) is 6.07 Å². The van der Waals surface area contributed by atoms with Gasteiger partial charge in [-0.2, -0.15) is 0 Å². The molecule has 1 aliphatic heterocycles. The van der Waals surface area contributed by atoms with Crippen molar-refractivity contribution in [3.8, 4) is 0 Å².